The van der Waals surface area contributed by atoms with Crippen LogP contribution in [-0.4, -0.2) is 4.98 Å². The minimum Gasteiger partial charge on any atom is -0.355 e. The Hall–Kier alpha value is -4.47. The van der Waals surface area contributed by atoms with Gasteiger partial charge in [-0.3, -0.25) is 0 Å². The van der Waals surface area contributed by atoms with E-state index in [0.717, 1.165) is 17.6 Å². The van der Waals surface area contributed by atoms with E-state index in [1.807, 2.05) is 23.9 Å². The summed E-state index contributed by atoms with van der Waals surface area (Å²) in [5.41, 5.74) is 9.71. The monoisotopic (exact) mass is 520 g/mol. The number of hydrogen-bond acceptors (Lipinski definition) is 2. The van der Waals surface area contributed by atoms with Crippen LogP contribution in [0.3, 0.4) is 0 Å². The highest BCUT2D eigenvalue weighted by Crippen LogP contribution is 2.52. The van der Waals surface area contributed by atoms with Crippen molar-refractivity contribution in [3.63, 3.8) is 0 Å². The van der Waals surface area contributed by atoms with Gasteiger partial charge >= 0.3 is 0 Å². The maximum Gasteiger partial charge on any atom is 0.0607 e. The number of nitrogens with zero attached hydrogens (tertiary/aromatic N) is 1. The summed E-state index contributed by atoms with van der Waals surface area (Å²) in [6.07, 6.45) is 11.6. The van der Waals surface area contributed by atoms with Crippen LogP contribution in [0.15, 0.2) is 137 Å². The molecule has 0 atom stereocenters. The summed E-state index contributed by atoms with van der Waals surface area (Å²) in [7, 11) is 0. The SMILES string of the molecule is C=C/C=C\C1=c2c([nH]c3cccc(-c4ccc5c(c4)N(c4ccccc4)c4ccccc4S5)c23)=CCC=C1C. The molecule has 4 aromatic carbocycles. The molecule has 1 aromatic heterocycles. The summed E-state index contributed by atoms with van der Waals surface area (Å²) in [6.45, 7) is 6.12. The number of rotatable bonds is 4. The Bertz CT molecular complexity index is 1940. The fraction of sp³-hybridized carbons (Fsp3) is 0.0556. The fourth-order valence-electron chi connectivity index (χ4n) is 5.76. The molecule has 2 aliphatic rings. The van der Waals surface area contributed by atoms with Crippen molar-refractivity contribution in [2.45, 2.75) is 23.1 Å². The number of benzene rings is 4. The molecule has 1 aliphatic carbocycles. The van der Waals surface area contributed by atoms with Crippen LogP contribution in [0.1, 0.15) is 13.3 Å². The molecule has 1 aliphatic heterocycles. The molecule has 1 N–H and O–H groups in total. The normalized spacial score (nSPS) is 14.3. The van der Waals surface area contributed by atoms with Gasteiger partial charge in [0.05, 0.1) is 11.4 Å². The van der Waals surface area contributed by atoms with E-state index in [1.54, 1.807) is 0 Å². The Labute approximate surface area is 233 Å². The lowest BCUT2D eigenvalue weighted by Crippen LogP contribution is -2.25. The molecule has 0 saturated carbocycles. The molecule has 188 valence electrons. The summed E-state index contributed by atoms with van der Waals surface area (Å²) in [5, 5.41) is 3.71. The van der Waals surface area contributed by atoms with E-state index in [1.165, 1.54) is 59.4 Å². The zero-order valence-corrected chi connectivity index (χ0v) is 22.6. The van der Waals surface area contributed by atoms with Gasteiger partial charge in [-0.15, -0.1) is 0 Å². The highest BCUT2D eigenvalue weighted by Gasteiger charge is 2.25. The smallest absolute Gasteiger partial charge is 0.0607 e. The van der Waals surface area contributed by atoms with Crippen molar-refractivity contribution in [3.8, 4) is 11.1 Å². The molecular formula is C36H28N2S. The molecule has 3 heteroatoms. The van der Waals surface area contributed by atoms with Gasteiger partial charge in [-0.05, 0) is 78.1 Å². The molecule has 0 unspecified atom stereocenters. The first-order chi connectivity index (χ1) is 19.2. The number of allylic oxidation sites excluding steroid dienone is 5. The van der Waals surface area contributed by atoms with Crippen LogP contribution >= 0.6 is 11.8 Å². The van der Waals surface area contributed by atoms with Gasteiger partial charge in [-0.1, -0.05) is 97.3 Å². The number of fused-ring (bicyclic) bond motifs is 5. The van der Waals surface area contributed by atoms with Crippen molar-refractivity contribution in [1.82, 2.24) is 4.98 Å². The average Bonchev–Trinajstić information content (AvgIpc) is 3.27. The summed E-state index contributed by atoms with van der Waals surface area (Å²) in [6, 6.07) is 32.9. The van der Waals surface area contributed by atoms with Crippen molar-refractivity contribution in [1.29, 1.82) is 0 Å². The minimum atomic E-state index is 0.911. The standard InChI is InChI=1S/C36H28N2S/c1-3-4-15-27-24(2)12-10-17-29-35(27)36-28(16-11-18-30(36)37-29)25-21-22-34-32(23-25)38(26-13-6-5-7-14-26)31-19-8-9-20-33(31)39-34/h3-9,11-23,37H,1,10H2,2H3/b15-4-. The van der Waals surface area contributed by atoms with E-state index in [0.29, 0.717) is 0 Å². The third-order valence-corrected chi connectivity index (χ3v) is 8.67. The molecule has 7 rings (SSSR count). The highest BCUT2D eigenvalue weighted by molar-refractivity contribution is 7.99. The Morgan fingerprint density at radius 3 is 2.54 bits per heavy atom. The second kappa shape index (κ2) is 9.68. The summed E-state index contributed by atoms with van der Waals surface area (Å²) < 4.78 is 0. The van der Waals surface area contributed by atoms with E-state index in [9.17, 15) is 0 Å². The lowest BCUT2D eigenvalue weighted by Gasteiger charge is -2.33. The lowest BCUT2D eigenvalue weighted by atomic mass is 9.96. The molecular weight excluding hydrogens is 492 g/mol. The number of para-hydroxylation sites is 2. The van der Waals surface area contributed by atoms with Crippen LogP contribution in [0.5, 0.6) is 0 Å². The van der Waals surface area contributed by atoms with Crippen molar-refractivity contribution in [3.05, 3.63) is 138 Å². The van der Waals surface area contributed by atoms with E-state index in [4.69, 9.17) is 0 Å². The molecule has 5 aromatic rings. The molecule has 0 amide bonds. The van der Waals surface area contributed by atoms with Crippen molar-refractivity contribution < 1.29 is 0 Å². The van der Waals surface area contributed by atoms with Crippen LogP contribution < -0.4 is 15.5 Å². The zero-order valence-electron chi connectivity index (χ0n) is 21.8. The van der Waals surface area contributed by atoms with Gasteiger partial charge in [0, 0.05) is 36.9 Å². The van der Waals surface area contributed by atoms with E-state index >= 15 is 0 Å². The second-order valence-corrected chi connectivity index (χ2v) is 11.0. The average molecular weight is 521 g/mol. The van der Waals surface area contributed by atoms with Crippen molar-refractivity contribution >= 4 is 51.4 Å². The minimum absolute atomic E-state index is 0.911. The topological polar surface area (TPSA) is 19.0 Å². The van der Waals surface area contributed by atoms with Gasteiger partial charge in [-0.2, -0.15) is 0 Å². The van der Waals surface area contributed by atoms with Crippen molar-refractivity contribution in [2.24, 2.45) is 0 Å². The summed E-state index contributed by atoms with van der Waals surface area (Å²) >= 11 is 1.84. The quantitative estimate of drug-likeness (QED) is 0.234. The Morgan fingerprint density at radius 1 is 0.846 bits per heavy atom. The number of hydrogen-bond donors (Lipinski definition) is 1. The van der Waals surface area contributed by atoms with E-state index < -0.39 is 0 Å². The van der Waals surface area contributed by atoms with Crippen molar-refractivity contribution in [2.75, 3.05) is 4.90 Å². The molecule has 0 fully saturated rings. The molecule has 0 saturated heterocycles. The van der Waals surface area contributed by atoms with Gasteiger partial charge < -0.3 is 9.88 Å². The van der Waals surface area contributed by atoms with Gasteiger partial charge in [0.25, 0.3) is 0 Å². The predicted molar refractivity (Wildman–Crippen MR) is 167 cm³/mol. The summed E-state index contributed by atoms with van der Waals surface area (Å²) in [4.78, 5) is 8.64. The zero-order chi connectivity index (χ0) is 26.3. The largest absolute Gasteiger partial charge is 0.355 e. The molecule has 2 nitrogen and oxygen atoms in total. The van der Waals surface area contributed by atoms with Crippen LogP contribution in [0.25, 0.3) is 33.7 Å². The second-order valence-electron chi connectivity index (χ2n) is 9.90. The Kier molecular flexibility index (Phi) is 5.87. The van der Waals surface area contributed by atoms with Crippen LogP contribution in [0.4, 0.5) is 17.1 Å². The first-order valence-corrected chi connectivity index (χ1v) is 14.1. The number of H-pyrrole nitrogens is 1. The fourth-order valence-corrected chi connectivity index (χ4v) is 6.80. The molecule has 0 bridgehead atoms. The molecule has 2 heterocycles. The first kappa shape index (κ1) is 23.6. The number of nitrogens with one attached hydrogen (secondary N) is 1. The lowest BCUT2D eigenvalue weighted by molar-refractivity contribution is 1.17. The highest BCUT2D eigenvalue weighted by atomic mass is 32.2. The van der Waals surface area contributed by atoms with Crippen LogP contribution in [-0.2, 0) is 0 Å². The number of aromatic nitrogens is 1. The summed E-state index contributed by atoms with van der Waals surface area (Å²) in [5.74, 6) is 0. The maximum absolute atomic E-state index is 3.91. The third kappa shape index (κ3) is 3.98. The van der Waals surface area contributed by atoms with Gasteiger partial charge in [-0.25, -0.2) is 0 Å². The molecule has 0 spiro atoms. The van der Waals surface area contributed by atoms with Crippen LogP contribution in [0, 0.1) is 0 Å². The van der Waals surface area contributed by atoms with E-state index in [-0.39, 0.29) is 0 Å². The third-order valence-electron chi connectivity index (χ3n) is 7.54. The molecule has 0 radical (unpaired) electrons. The first-order valence-electron chi connectivity index (χ1n) is 13.3. The Balaban J connectivity index is 1.51. The predicted octanol–water partition coefficient (Wildman–Crippen LogP) is 8.79. The van der Waals surface area contributed by atoms with Gasteiger partial charge in [0.2, 0.25) is 0 Å². The van der Waals surface area contributed by atoms with Gasteiger partial charge in [0.15, 0.2) is 0 Å². The number of anilines is 3. The maximum atomic E-state index is 3.91. The molecule has 39 heavy (non-hydrogen) atoms. The van der Waals surface area contributed by atoms with E-state index in [2.05, 4.69) is 133 Å². The Morgan fingerprint density at radius 2 is 1.67 bits per heavy atom. The van der Waals surface area contributed by atoms with Crippen LogP contribution in [0.2, 0.25) is 0 Å². The van der Waals surface area contributed by atoms with Gasteiger partial charge in [0.1, 0.15) is 0 Å². The number of aromatic amines is 1.